The summed E-state index contributed by atoms with van der Waals surface area (Å²) >= 11 is 0. The molecule has 0 spiro atoms. The quantitative estimate of drug-likeness (QED) is 0.887. The van der Waals surface area contributed by atoms with Crippen LogP contribution in [0.2, 0.25) is 0 Å². The van der Waals surface area contributed by atoms with Crippen molar-refractivity contribution in [1.82, 2.24) is 10.2 Å². The largest absolute Gasteiger partial charge is 0.389 e. The van der Waals surface area contributed by atoms with Crippen LogP contribution >= 0.6 is 0 Å². The number of nitrogens with one attached hydrogen (secondary N) is 1. The first-order valence-electron chi connectivity index (χ1n) is 7.32. The van der Waals surface area contributed by atoms with Crippen LogP contribution in [0.25, 0.3) is 0 Å². The van der Waals surface area contributed by atoms with Gasteiger partial charge in [0.25, 0.3) is 0 Å². The maximum absolute atomic E-state index is 13.4. The minimum Gasteiger partial charge on any atom is -0.389 e. The van der Waals surface area contributed by atoms with Gasteiger partial charge in [-0.15, -0.1) is 0 Å². The number of amides is 1. The van der Waals surface area contributed by atoms with Gasteiger partial charge in [-0.25, -0.2) is 4.39 Å². The number of carbonyl (C=O) groups excluding carboxylic acids is 1. The second kappa shape index (κ2) is 6.54. The molecule has 1 aliphatic rings. The molecule has 2 N–H and O–H groups in total. The van der Waals surface area contributed by atoms with E-state index in [1.165, 1.54) is 6.07 Å². The Hall–Kier alpha value is -1.46. The third kappa shape index (κ3) is 4.79. The maximum atomic E-state index is 13.4. The number of halogens is 1. The number of benzene rings is 1. The summed E-state index contributed by atoms with van der Waals surface area (Å²) in [5, 5.41) is 12.8. The lowest BCUT2D eigenvalue weighted by atomic mass is 9.95. The molecular formula is C16H23FN2O2. The van der Waals surface area contributed by atoms with Crippen molar-refractivity contribution in [2.45, 2.75) is 38.8 Å². The molecule has 0 saturated carbocycles. The van der Waals surface area contributed by atoms with Crippen molar-refractivity contribution in [1.29, 1.82) is 0 Å². The van der Waals surface area contributed by atoms with E-state index in [9.17, 15) is 14.3 Å². The number of hydrogen-bond donors (Lipinski definition) is 2. The van der Waals surface area contributed by atoms with Gasteiger partial charge in [0.2, 0.25) is 5.91 Å². The lowest BCUT2D eigenvalue weighted by Gasteiger charge is -2.36. The van der Waals surface area contributed by atoms with Crippen molar-refractivity contribution in [3.05, 3.63) is 35.1 Å². The Morgan fingerprint density at radius 3 is 2.95 bits per heavy atom. The fourth-order valence-electron chi connectivity index (χ4n) is 2.66. The minimum absolute atomic E-state index is 0.103. The summed E-state index contributed by atoms with van der Waals surface area (Å²) in [6.45, 7) is 5.43. The summed E-state index contributed by atoms with van der Waals surface area (Å²) in [4.78, 5) is 13.9. The smallest absolute Gasteiger partial charge is 0.234 e. The molecule has 1 unspecified atom stereocenters. The zero-order valence-electron chi connectivity index (χ0n) is 12.7. The van der Waals surface area contributed by atoms with Crippen molar-refractivity contribution in [3.63, 3.8) is 0 Å². The second-order valence-corrected chi connectivity index (χ2v) is 6.17. The Morgan fingerprint density at radius 2 is 2.29 bits per heavy atom. The molecule has 1 aromatic carbocycles. The summed E-state index contributed by atoms with van der Waals surface area (Å²) < 4.78 is 13.4. The van der Waals surface area contributed by atoms with Crippen LogP contribution in [0.4, 0.5) is 4.39 Å². The highest BCUT2D eigenvalue weighted by molar-refractivity contribution is 5.78. The molecule has 2 rings (SSSR count). The number of nitrogens with zero attached hydrogens (tertiary/aromatic N) is 1. The number of piperidine rings is 1. The van der Waals surface area contributed by atoms with Gasteiger partial charge >= 0.3 is 0 Å². The lowest BCUT2D eigenvalue weighted by molar-refractivity contribution is -0.123. The summed E-state index contributed by atoms with van der Waals surface area (Å²) in [5.74, 6) is -0.359. The summed E-state index contributed by atoms with van der Waals surface area (Å²) in [6, 6.07) is 4.96. The number of likely N-dealkylation sites (tertiary alicyclic amines) is 1. The van der Waals surface area contributed by atoms with Gasteiger partial charge in [-0.2, -0.15) is 0 Å². The van der Waals surface area contributed by atoms with Crippen molar-refractivity contribution in [2.75, 3.05) is 19.6 Å². The van der Waals surface area contributed by atoms with Gasteiger partial charge in [0.1, 0.15) is 5.82 Å². The van der Waals surface area contributed by atoms with Gasteiger partial charge in [0.15, 0.2) is 0 Å². The zero-order valence-corrected chi connectivity index (χ0v) is 12.7. The predicted molar refractivity (Wildman–Crippen MR) is 79.3 cm³/mol. The van der Waals surface area contributed by atoms with Crippen molar-refractivity contribution in [3.8, 4) is 0 Å². The molecule has 21 heavy (non-hydrogen) atoms. The Morgan fingerprint density at radius 1 is 1.52 bits per heavy atom. The van der Waals surface area contributed by atoms with Crippen molar-refractivity contribution in [2.24, 2.45) is 0 Å². The molecule has 1 aromatic rings. The Bertz CT molecular complexity index is 517. The first-order valence-corrected chi connectivity index (χ1v) is 7.32. The van der Waals surface area contributed by atoms with E-state index in [4.69, 9.17) is 0 Å². The molecule has 4 nitrogen and oxygen atoms in total. The minimum atomic E-state index is -0.710. The van der Waals surface area contributed by atoms with E-state index in [1.54, 1.807) is 19.9 Å². The summed E-state index contributed by atoms with van der Waals surface area (Å²) in [6.07, 6.45) is 1.66. The average Bonchev–Trinajstić information content (AvgIpc) is 2.39. The number of β-amino-alcohol motifs (C(OH)–C–C–N with tert-alkyl or cyclic N) is 1. The fourth-order valence-corrected chi connectivity index (χ4v) is 2.66. The normalized spacial score (nSPS) is 23.0. The van der Waals surface area contributed by atoms with Crippen LogP contribution in [-0.4, -0.2) is 41.1 Å². The van der Waals surface area contributed by atoms with Crippen molar-refractivity contribution >= 4 is 5.91 Å². The lowest BCUT2D eigenvalue weighted by Crippen LogP contribution is -2.49. The molecule has 116 valence electrons. The van der Waals surface area contributed by atoms with Gasteiger partial charge in [-0.05, 0) is 50.4 Å². The number of carbonyl (C=O) groups is 1. The molecule has 0 radical (unpaired) electrons. The molecule has 1 saturated heterocycles. The molecule has 0 aromatic heterocycles. The highest BCUT2D eigenvalue weighted by atomic mass is 19.1. The zero-order chi connectivity index (χ0) is 15.5. The number of aryl methyl sites for hydroxylation is 1. The van der Waals surface area contributed by atoms with E-state index in [0.717, 1.165) is 24.9 Å². The van der Waals surface area contributed by atoms with E-state index < -0.39 is 5.60 Å². The number of rotatable bonds is 4. The standard InChI is InChI=1S/C16H23FN2O2/c1-12-4-5-13(8-14(12)17)9-18-15(20)10-19-7-3-6-16(2,21)11-19/h4-5,8,21H,3,6-7,9-11H2,1-2H3,(H,18,20). The van der Waals surface area contributed by atoms with Gasteiger partial charge in [0, 0.05) is 13.1 Å². The molecular weight excluding hydrogens is 271 g/mol. The van der Waals surface area contributed by atoms with Gasteiger partial charge in [-0.3, -0.25) is 9.69 Å². The maximum Gasteiger partial charge on any atom is 0.234 e. The van der Waals surface area contributed by atoms with E-state index in [1.807, 2.05) is 11.0 Å². The molecule has 1 aliphatic heterocycles. The molecule has 1 amide bonds. The van der Waals surface area contributed by atoms with Crippen LogP contribution in [0.5, 0.6) is 0 Å². The van der Waals surface area contributed by atoms with Crippen LogP contribution in [0.3, 0.4) is 0 Å². The van der Waals surface area contributed by atoms with Crippen LogP contribution in [0, 0.1) is 12.7 Å². The highest BCUT2D eigenvalue weighted by Gasteiger charge is 2.29. The van der Waals surface area contributed by atoms with Gasteiger partial charge in [0.05, 0.1) is 12.1 Å². The van der Waals surface area contributed by atoms with Gasteiger partial charge in [-0.1, -0.05) is 12.1 Å². The van der Waals surface area contributed by atoms with Crippen LogP contribution in [0.15, 0.2) is 18.2 Å². The monoisotopic (exact) mass is 294 g/mol. The third-order valence-corrected chi connectivity index (χ3v) is 3.85. The van der Waals surface area contributed by atoms with E-state index in [2.05, 4.69) is 5.32 Å². The fraction of sp³-hybridized carbons (Fsp3) is 0.562. The highest BCUT2D eigenvalue weighted by Crippen LogP contribution is 2.19. The Kier molecular flexibility index (Phi) is 4.96. The molecule has 0 aliphatic carbocycles. The molecule has 1 heterocycles. The summed E-state index contributed by atoms with van der Waals surface area (Å²) in [5.41, 5.74) is 0.635. The third-order valence-electron chi connectivity index (χ3n) is 3.85. The molecule has 1 atom stereocenters. The van der Waals surface area contributed by atoms with E-state index >= 15 is 0 Å². The molecule has 1 fully saturated rings. The number of hydrogen-bond acceptors (Lipinski definition) is 3. The topological polar surface area (TPSA) is 52.6 Å². The first kappa shape index (κ1) is 15.9. The van der Waals surface area contributed by atoms with E-state index in [-0.39, 0.29) is 18.3 Å². The average molecular weight is 294 g/mol. The van der Waals surface area contributed by atoms with E-state index in [0.29, 0.717) is 18.7 Å². The number of aliphatic hydroxyl groups is 1. The van der Waals surface area contributed by atoms with Crippen molar-refractivity contribution < 1.29 is 14.3 Å². The predicted octanol–water partition coefficient (Wildman–Crippen LogP) is 1.60. The summed E-state index contributed by atoms with van der Waals surface area (Å²) in [7, 11) is 0. The Balaban J connectivity index is 1.80. The Labute approximate surface area is 125 Å². The van der Waals surface area contributed by atoms with Crippen LogP contribution in [-0.2, 0) is 11.3 Å². The molecule has 0 bridgehead atoms. The second-order valence-electron chi connectivity index (χ2n) is 6.17. The first-order chi connectivity index (χ1) is 9.85. The SMILES string of the molecule is Cc1ccc(CNC(=O)CN2CCCC(C)(O)C2)cc1F. The van der Waals surface area contributed by atoms with Crippen LogP contribution < -0.4 is 5.32 Å². The van der Waals surface area contributed by atoms with Gasteiger partial charge < -0.3 is 10.4 Å². The molecule has 5 heteroatoms. The van der Waals surface area contributed by atoms with Crippen LogP contribution in [0.1, 0.15) is 30.9 Å².